The number of rotatable bonds is 9. The first kappa shape index (κ1) is 15.4. The first-order valence-corrected chi connectivity index (χ1v) is 7.16. The Balaban J connectivity index is 2.44. The number of hydrogen-bond donors (Lipinski definition) is 1. The third kappa shape index (κ3) is 5.36. The normalized spacial score (nSPS) is 17.2. The van der Waals surface area contributed by atoms with Crippen LogP contribution >= 0.6 is 0 Å². The number of nitrogens with one attached hydrogen (secondary N) is 1. The van der Waals surface area contributed by atoms with Crippen molar-refractivity contribution >= 4 is 5.97 Å². The minimum Gasteiger partial charge on any atom is -0.465 e. The van der Waals surface area contributed by atoms with Crippen molar-refractivity contribution in [2.24, 2.45) is 5.92 Å². The number of likely N-dealkylation sites (N-methyl/N-ethyl adjacent to an activating group) is 1. The number of carbonyl (C=O) groups excluding carboxylic acids is 1. The summed E-state index contributed by atoms with van der Waals surface area (Å²) in [6.45, 7) is 8.64. The van der Waals surface area contributed by atoms with Crippen LogP contribution in [-0.4, -0.2) is 49.7 Å². The summed E-state index contributed by atoms with van der Waals surface area (Å²) in [6, 6.07) is 0.492. The molecule has 0 spiro atoms. The van der Waals surface area contributed by atoms with Crippen LogP contribution in [0.25, 0.3) is 0 Å². The van der Waals surface area contributed by atoms with Gasteiger partial charge in [0.2, 0.25) is 0 Å². The van der Waals surface area contributed by atoms with Gasteiger partial charge in [-0.15, -0.1) is 0 Å². The molecule has 1 saturated carbocycles. The molecule has 1 aliphatic rings. The SMILES string of the molecule is CCOC(=O)C(CN(CCC(C)C)C1CC1)NC. The second kappa shape index (κ2) is 7.74. The van der Waals surface area contributed by atoms with E-state index in [9.17, 15) is 4.79 Å². The highest BCUT2D eigenvalue weighted by atomic mass is 16.5. The summed E-state index contributed by atoms with van der Waals surface area (Å²) in [5, 5.41) is 3.07. The molecule has 1 N–H and O–H groups in total. The maximum absolute atomic E-state index is 11.8. The van der Waals surface area contributed by atoms with Crippen LogP contribution in [0.5, 0.6) is 0 Å². The van der Waals surface area contributed by atoms with Crippen molar-refractivity contribution < 1.29 is 9.53 Å². The van der Waals surface area contributed by atoms with Gasteiger partial charge < -0.3 is 10.1 Å². The zero-order valence-corrected chi connectivity index (χ0v) is 12.2. The minimum atomic E-state index is -0.197. The summed E-state index contributed by atoms with van der Waals surface area (Å²) in [4.78, 5) is 14.2. The van der Waals surface area contributed by atoms with E-state index in [0.717, 1.165) is 13.1 Å². The Morgan fingerprint density at radius 2 is 2.11 bits per heavy atom. The molecule has 1 rings (SSSR count). The molecule has 0 aromatic heterocycles. The summed E-state index contributed by atoms with van der Waals surface area (Å²) < 4.78 is 5.09. The van der Waals surface area contributed by atoms with Crippen molar-refractivity contribution in [2.45, 2.75) is 52.1 Å². The molecule has 0 heterocycles. The van der Waals surface area contributed by atoms with Crippen molar-refractivity contribution in [1.82, 2.24) is 10.2 Å². The molecule has 0 radical (unpaired) electrons. The van der Waals surface area contributed by atoms with Gasteiger partial charge in [0.05, 0.1) is 6.61 Å². The minimum absolute atomic E-state index is 0.129. The molecule has 1 fully saturated rings. The van der Waals surface area contributed by atoms with E-state index in [2.05, 4.69) is 24.1 Å². The molecular formula is C14H28N2O2. The first-order chi connectivity index (χ1) is 8.58. The van der Waals surface area contributed by atoms with Gasteiger partial charge in [-0.2, -0.15) is 0 Å². The zero-order valence-electron chi connectivity index (χ0n) is 12.2. The molecule has 1 atom stereocenters. The third-order valence-corrected chi connectivity index (χ3v) is 3.39. The van der Waals surface area contributed by atoms with Crippen molar-refractivity contribution in [1.29, 1.82) is 0 Å². The van der Waals surface area contributed by atoms with Crippen molar-refractivity contribution in [2.75, 3.05) is 26.7 Å². The van der Waals surface area contributed by atoms with Crippen molar-refractivity contribution in [3.8, 4) is 0 Å². The monoisotopic (exact) mass is 256 g/mol. The molecule has 0 saturated heterocycles. The van der Waals surface area contributed by atoms with Gasteiger partial charge in [0.25, 0.3) is 0 Å². The maximum atomic E-state index is 11.8. The van der Waals surface area contributed by atoms with Crippen LogP contribution in [-0.2, 0) is 9.53 Å². The molecule has 0 aromatic carbocycles. The second-order valence-electron chi connectivity index (χ2n) is 5.50. The molecule has 106 valence electrons. The van der Waals surface area contributed by atoms with E-state index in [-0.39, 0.29) is 12.0 Å². The van der Waals surface area contributed by atoms with Crippen LogP contribution in [0.4, 0.5) is 0 Å². The van der Waals surface area contributed by atoms with E-state index >= 15 is 0 Å². The predicted molar refractivity (Wildman–Crippen MR) is 73.5 cm³/mol. The van der Waals surface area contributed by atoms with Crippen LogP contribution in [0.3, 0.4) is 0 Å². The smallest absolute Gasteiger partial charge is 0.324 e. The average molecular weight is 256 g/mol. The van der Waals surface area contributed by atoms with Gasteiger partial charge >= 0.3 is 5.97 Å². The fraction of sp³-hybridized carbons (Fsp3) is 0.929. The van der Waals surface area contributed by atoms with Crippen LogP contribution in [0, 0.1) is 5.92 Å². The van der Waals surface area contributed by atoms with E-state index < -0.39 is 0 Å². The zero-order chi connectivity index (χ0) is 13.5. The molecule has 18 heavy (non-hydrogen) atoms. The van der Waals surface area contributed by atoms with Gasteiger partial charge in [0.1, 0.15) is 6.04 Å². The van der Waals surface area contributed by atoms with Gasteiger partial charge in [0, 0.05) is 12.6 Å². The highest BCUT2D eigenvalue weighted by molar-refractivity contribution is 5.76. The Morgan fingerprint density at radius 1 is 1.44 bits per heavy atom. The fourth-order valence-corrected chi connectivity index (χ4v) is 2.05. The maximum Gasteiger partial charge on any atom is 0.324 e. The molecule has 4 heteroatoms. The van der Waals surface area contributed by atoms with Crippen LogP contribution in [0.1, 0.15) is 40.0 Å². The van der Waals surface area contributed by atoms with E-state index in [1.165, 1.54) is 19.3 Å². The van der Waals surface area contributed by atoms with Crippen molar-refractivity contribution in [3.63, 3.8) is 0 Å². The van der Waals surface area contributed by atoms with E-state index in [1.54, 1.807) is 0 Å². The molecule has 0 aliphatic heterocycles. The van der Waals surface area contributed by atoms with Gasteiger partial charge in [-0.25, -0.2) is 0 Å². The fourth-order valence-electron chi connectivity index (χ4n) is 2.05. The quantitative estimate of drug-likeness (QED) is 0.637. The lowest BCUT2D eigenvalue weighted by molar-refractivity contribution is -0.146. The van der Waals surface area contributed by atoms with E-state index in [0.29, 0.717) is 18.6 Å². The molecule has 1 unspecified atom stereocenters. The highest BCUT2D eigenvalue weighted by Crippen LogP contribution is 2.27. The van der Waals surface area contributed by atoms with Gasteiger partial charge in [-0.05, 0) is 45.7 Å². The van der Waals surface area contributed by atoms with Crippen LogP contribution < -0.4 is 5.32 Å². The molecule has 0 bridgehead atoms. The lowest BCUT2D eigenvalue weighted by Crippen LogP contribution is -2.46. The molecule has 4 nitrogen and oxygen atoms in total. The molecular weight excluding hydrogens is 228 g/mol. The van der Waals surface area contributed by atoms with E-state index in [4.69, 9.17) is 4.74 Å². The second-order valence-corrected chi connectivity index (χ2v) is 5.50. The summed E-state index contributed by atoms with van der Waals surface area (Å²) in [5.74, 6) is 0.581. The lowest BCUT2D eigenvalue weighted by Gasteiger charge is -2.26. The van der Waals surface area contributed by atoms with Crippen LogP contribution in [0.15, 0.2) is 0 Å². The predicted octanol–water partition coefficient (Wildman–Crippen LogP) is 1.65. The average Bonchev–Trinajstić information content (AvgIpc) is 3.13. The number of esters is 1. The summed E-state index contributed by atoms with van der Waals surface area (Å²) >= 11 is 0. The highest BCUT2D eigenvalue weighted by Gasteiger charge is 2.32. The van der Waals surface area contributed by atoms with Gasteiger partial charge in [-0.1, -0.05) is 13.8 Å². The van der Waals surface area contributed by atoms with Crippen molar-refractivity contribution in [3.05, 3.63) is 0 Å². The third-order valence-electron chi connectivity index (χ3n) is 3.39. The Bertz CT molecular complexity index is 252. The van der Waals surface area contributed by atoms with Crippen LogP contribution in [0.2, 0.25) is 0 Å². The molecule has 0 amide bonds. The molecule has 1 aliphatic carbocycles. The number of hydrogen-bond acceptors (Lipinski definition) is 4. The Morgan fingerprint density at radius 3 is 2.56 bits per heavy atom. The summed E-state index contributed by atoms with van der Waals surface area (Å²) in [7, 11) is 1.83. The van der Waals surface area contributed by atoms with Gasteiger partial charge in [0.15, 0.2) is 0 Å². The Labute approximate surface area is 111 Å². The first-order valence-electron chi connectivity index (χ1n) is 7.16. The number of ether oxygens (including phenoxy) is 1. The lowest BCUT2D eigenvalue weighted by atomic mass is 10.1. The summed E-state index contributed by atoms with van der Waals surface area (Å²) in [5.41, 5.74) is 0. The largest absolute Gasteiger partial charge is 0.465 e. The Hall–Kier alpha value is -0.610. The topological polar surface area (TPSA) is 41.6 Å². The number of carbonyl (C=O) groups is 1. The van der Waals surface area contributed by atoms with E-state index in [1.807, 2.05) is 14.0 Å². The van der Waals surface area contributed by atoms with Gasteiger partial charge in [-0.3, -0.25) is 9.69 Å². The number of nitrogens with zero attached hydrogens (tertiary/aromatic N) is 1. The Kier molecular flexibility index (Phi) is 6.65. The molecule has 0 aromatic rings. The standard InChI is InChI=1S/C14H28N2O2/c1-5-18-14(17)13(15-4)10-16(12-6-7-12)9-8-11(2)3/h11-13,15H,5-10H2,1-4H3. The summed E-state index contributed by atoms with van der Waals surface area (Å²) in [6.07, 6.45) is 3.74.